The van der Waals surface area contributed by atoms with E-state index >= 15 is 0 Å². The number of rotatable bonds is 10. The molecule has 0 aliphatic carbocycles. The summed E-state index contributed by atoms with van der Waals surface area (Å²) in [5, 5.41) is 20.8. The maximum atomic E-state index is 13.3. The molecule has 0 unspecified atom stereocenters. The van der Waals surface area contributed by atoms with E-state index in [0.717, 1.165) is 28.0 Å². The third-order valence-electron chi connectivity index (χ3n) is 6.22. The average Bonchev–Trinajstić information content (AvgIpc) is 3.41. The van der Waals surface area contributed by atoms with Gasteiger partial charge < -0.3 is 21.0 Å². The fourth-order valence-electron chi connectivity index (χ4n) is 4.17. The zero-order valence-corrected chi connectivity index (χ0v) is 26.2. The van der Waals surface area contributed by atoms with Crippen LogP contribution in [0.4, 0.5) is 5.13 Å². The number of aromatic amines is 1. The van der Waals surface area contributed by atoms with E-state index in [9.17, 15) is 29.1 Å². The number of hydrogen-bond acceptors (Lipinski definition) is 13. The van der Waals surface area contributed by atoms with Crippen LogP contribution in [0.5, 0.6) is 0 Å². The molecule has 15 nitrogen and oxygen atoms in total. The van der Waals surface area contributed by atoms with E-state index < -0.39 is 40.3 Å². The van der Waals surface area contributed by atoms with Crippen molar-refractivity contribution in [2.75, 3.05) is 17.2 Å². The largest absolute Gasteiger partial charge is 0.477 e. The molecule has 1 aromatic carbocycles. The normalized spacial score (nSPS) is 18.1. The van der Waals surface area contributed by atoms with Crippen LogP contribution in [-0.2, 0) is 32.9 Å². The summed E-state index contributed by atoms with van der Waals surface area (Å²) in [7, 11) is 1.48. The molecule has 44 heavy (non-hydrogen) atoms. The lowest BCUT2D eigenvalue weighted by molar-refractivity contribution is -0.150. The number of β-lactam (4-membered cyclic amide) rings is 1. The van der Waals surface area contributed by atoms with Gasteiger partial charge >= 0.3 is 17.1 Å². The predicted octanol–water partition coefficient (Wildman–Crippen LogP) is 1.27. The highest BCUT2D eigenvalue weighted by atomic mass is 35.5. The van der Waals surface area contributed by atoms with Gasteiger partial charge in [0.1, 0.15) is 29.4 Å². The van der Waals surface area contributed by atoms with Crippen LogP contribution >= 0.6 is 58.1 Å². The van der Waals surface area contributed by atoms with Crippen molar-refractivity contribution < 1.29 is 24.3 Å². The number of thiazole rings is 1. The van der Waals surface area contributed by atoms with E-state index in [-0.39, 0.29) is 45.5 Å². The number of halogens is 2. The zero-order chi connectivity index (χ0) is 31.7. The van der Waals surface area contributed by atoms with Crippen LogP contribution in [-0.4, -0.2) is 76.2 Å². The molecular weight excluding hydrogens is 679 g/mol. The molecule has 3 aromatic rings. The van der Waals surface area contributed by atoms with Crippen LogP contribution in [0.15, 0.2) is 54.8 Å². The maximum Gasteiger partial charge on any atom is 0.352 e. The van der Waals surface area contributed by atoms with E-state index in [1.165, 1.54) is 28.9 Å². The van der Waals surface area contributed by atoms with E-state index in [1.54, 1.807) is 18.2 Å². The molecule has 0 bridgehead atoms. The SMILES string of the molecule is Cn1[nH]c(=O)c(=O)nc1SCC1=C(C(=O)O)N2C(=O)[C@@H](NC(=O)C(=NOCc3cc(Cl)ccc3Cl)c3csc(N)n3)[C@@H]2SC1. The first kappa shape index (κ1) is 31.6. The number of aryl methyl sites for hydroxylation is 1. The Kier molecular flexibility index (Phi) is 9.35. The van der Waals surface area contributed by atoms with Gasteiger partial charge in [-0.2, -0.15) is 4.98 Å². The molecule has 2 aromatic heterocycles. The van der Waals surface area contributed by atoms with Gasteiger partial charge in [0.2, 0.25) is 0 Å². The molecule has 2 aliphatic heterocycles. The topological polar surface area (TPSA) is 215 Å². The minimum absolute atomic E-state index is 0.0739. The monoisotopic (exact) mass is 698 g/mol. The number of nitrogens with zero attached hydrogens (tertiary/aromatic N) is 5. The van der Waals surface area contributed by atoms with Crippen molar-refractivity contribution in [2.45, 2.75) is 23.2 Å². The number of H-pyrrole nitrogens is 1. The Balaban J connectivity index is 1.32. The van der Waals surface area contributed by atoms with E-state index in [1.807, 2.05) is 0 Å². The standard InChI is InChI=1S/C24H20Cl2N8O7S3/c1-33-24(30-18(36)19(37)31-33)44-7-10-6-42-21-15(20(38)34(21)16(10)22(39)40)29-17(35)14(13-8-43-23(27)28-13)32-41-5-9-4-11(25)2-3-12(9)26/h2-4,8,15,21H,5-7H2,1H3,(H2,27,28)(H,29,35)(H,31,37)(H,39,40)/t15-,21+/m1/s1. The second-order valence-electron chi connectivity index (χ2n) is 9.13. The van der Waals surface area contributed by atoms with E-state index in [0.29, 0.717) is 21.2 Å². The fraction of sp³-hybridized carbons (Fsp3) is 0.250. The van der Waals surface area contributed by atoms with Crippen molar-refractivity contribution in [1.82, 2.24) is 30.0 Å². The van der Waals surface area contributed by atoms with Gasteiger partial charge in [-0.3, -0.25) is 33.9 Å². The summed E-state index contributed by atoms with van der Waals surface area (Å²) in [5.41, 5.74) is 4.42. The summed E-state index contributed by atoms with van der Waals surface area (Å²) in [6, 6.07) is 3.71. The number of aromatic nitrogens is 4. The van der Waals surface area contributed by atoms with Gasteiger partial charge in [0.05, 0.1) is 0 Å². The van der Waals surface area contributed by atoms with Gasteiger partial charge in [-0.1, -0.05) is 40.1 Å². The molecule has 1 fully saturated rings. The van der Waals surface area contributed by atoms with Crippen molar-refractivity contribution in [3.05, 3.63) is 76.9 Å². The minimum Gasteiger partial charge on any atom is -0.477 e. The lowest BCUT2D eigenvalue weighted by Gasteiger charge is -2.49. The number of nitrogens with one attached hydrogen (secondary N) is 2. The average molecular weight is 700 g/mol. The van der Waals surface area contributed by atoms with Gasteiger partial charge in [-0.15, -0.1) is 23.1 Å². The van der Waals surface area contributed by atoms with Crippen molar-refractivity contribution in [3.8, 4) is 0 Å². The second kappa shape index (κ2) is 13.0. The van der Waals surface area contributed by atoms with Crippen molar-refractivity contribution in [3.63, 3.8) is 0 Å². The molecule has 2 amide bonds. The third kappa shape index (κ3) is 6.48. The summed E-state index contributed by atoms with van der Waals surface area (Å²) in [4.78, 5) is 76.2. The zero-order valence-electron chi connectivity index (χ0n) is 22.3. The number of aliphatic carboxylic acids is 1. The first-order valence-electron chi connectivity index (χ1n) is 12.3. The molecule has 0 spiro atoms. The Morgan fingerprint density at radius 2 is 2.07 bits per heavy atom. The van der Waals surface area contributed by atoms with Crippen molar-refractivity contribution in [1.29, 1.82) is 0 Å². The third-order valence-corrected chi connectivity index (χ3v) is 9.96. The smallest absolute Gasteiger partial charge is 0.352 e. The Morgan fingerprint density at radius 3 is 2.77 bits per heavy atom. The van der Waals surface area contributed by atoms with Crippen LogP contribution in [0.25, 0.3) is 0 Å². The minimum atomic E-state index is -1.33. The molecule has 1 saturated heterocycles. The number of carbonyl (C=O) groups excluding carboxylic acids is 2. The molecule has 230 valence electrons. The Bertz CT molecular complexity index is 1860. The van der Waals surface area contributed by atoms with Gasteiger partial charge in [-0.25, -0.2) is 9.78 Å². The molecule has 2 atom stereocenters. The summed E-state index contributed by atoms with van der Waals surface area (Å²) in [6.07, 6.45) is 0. The number of carboxylic acid groups (broad SMARTS) is 1. The number of anilines is 1. The van der Waals surface area contributed by atoms with Gasteiger partial charge in [0, 0.05) is 39.5 Å². The van der Waals surface area contributed by atoms with Crippen LogP contribution in [0.1, 0.15) is 11.3 Å². The molecule has 5 N–H and O–H groups in total. The number of amides is 2. The number of hydrogen-bond donors (Lipinski definition) is 4. The first-order chi connectivity index (χ1) is 20.9. The number of fused-ring (bicyclic) bond motifs is 1. The molecule has 5 rings (SSSR count). The van der Waals surface area contributed by atoms with Crippen LogP contribution in [0.2, 0.25) is 10.0 Å². The summed E-state index contributed by atoms with van der Waals surface area (Å²) in [5.74, 6) is -2.49. The number of nitrogens with two attached hydrogens (primary N) is 1. The highest BCUT2D eigenvalue weighted by molar-refractivity contribution is 8.01. The number of nitrogen functional groups attached to an aromatic ring is 1. The summed E-state index contributed by atoms with van der Waals surface area (Å²) in [6.45, 7) is -0.124. The van der Waals surface area contributed by atoms with Crippen LogP contribution in [0.3, 0.4) is 0 Å². The van der Waals surface area contributed by atoms with Gasteiger partial charge in [0.25, 0.3) is 11.8 Å². The number of carboxylic acids is 1. The number of benzene rings is 1. The van der Waals surface area contributed by atoms with Crippen LogP contribution < -0.4 is 22.2 Å². The summed E-state index contributed by atoms with van der Waals surface area (Å²) < 4.78 is 1.25. The molecule has 0 radical (unpaired) electrons. The van der Waals surface area contributed by atoms with E-state index in [2.05, 4.69) is 25.5 Å². The van der Waals surface area contributed by atoms with Gasteiger partial charge in [-0.05, 0) is 23.8 Å². The quantitative estimate of drug-likeness (QED) is 0.0774. The number of thioether (sulfide) groups is 2. The first-order valence-corrected chi connectivity index (χ1v) is 16.0. The Hall–Kier alpha value is -3.84. The molecule has 2 aliphatic rings. The molecule has 0 saturated carbocycles. The van der Waals surface area contributed by atoms with Crippen molar-refractivity contribution >= 4 is 86.7 Å². The van der Waals surface area contributed by atoms with Crippen molar-refractivity contribution in [2.24, 2.45) is 12.2 Å². The Labute approximate surface area is 269 Å². The second-order valence-corrected chi connectivity index (χ2v) is 12.9. The van der Waals surface area contributed by atoms with Gasteiger partial charge in [0.15, 0.2) is 16.0 Å². The van der Waals surface area contributed by atoms with E-state index in [4.69, 9.17) is 33.8 Å². The number of carbonyl (C=O) groups is 3. The molecule has 4 heterocycles. The molecular formula is C24H20Cl2N8O7S3. The highest BCUT2D eigenvalue weighted by Crippen LogP contribution is 2.41. The highest BCUT2D eigenvalue weighted by Gasteiger charge is 2.54. The lowest BCUT2D eigenvalue weighted by Crippen LogP contribution is -2.71. The maximum absolute atomic E-state index is 13.3. The lowest BCUT2D eigenvalue weighted by atomic mass is 10.0. The number of oxime groups is 1. The fourth-order valence-corrected chi connectivity index (χ4v) is 7.49. The molecule has 20 heteroatoms. The Morgan fingerprint density at radius 1 is 1.30 bits per heavy atom. The van der Waals surface area contributed by atoms with Crippen LogP contribution in [0, 0.1) is 0 Å². The summed E-state index contributed by atoms with van der Waals surface area (Å²) >= 11 is 15.5. The predicted molar refractivity (Wildman–Crippen MR) is 165 cm³/mol.